The second-order valence-electron chi connectivity index (χ2n) is 6.28. The number of amides is 1. The predicted molar refractivity (Wildman–Crippen MR) is 104 cm³/mol. The first-order valence-corrected chi connectivity index (χ1v) is 8.59. The molecule has 0 bridgehead atoms. The van der Waals surface area contributed by atoms with Crippen LogP contribution in [0.5, 0.6) is 0 Å². The van der Waals surface area contributed by atoms with Crippen molar-refractivity contribution in [1.29, 1.82) is 0 Å². The lowest BCUT2D eigenvalue weighted by atomic mass is 10.1. The molecule has 1 heterocycles. The van der Waals surface area contributed by atoms with Crippen molar-refractivity contribution in [2.75, 3.05) is 11.9 Å². The van der Waals surface area contributed by atoms with Gasteiger partial charge in [-0.3, -0.25) is 4.79 Å². The number of carbonyl (C=O) groups is 1. The molecule has 3 rings (SSSR count). The van der Waals surface area contributed by atoms with Crippen LogP contribution in [0.1, 0.15) is 27.2 Å². The quantitative estimate of drug-likeness (QED) is 0.712. The van der Waals surface area contributed by atoms with Crippen LogP contribution < -0.4 is 10.6 Å². The van der Waals surface area contributed by atoms with Crippen molar-refractivity contribution in [3.8, 4) is 0 Å². The molecule has 0 atom stereocenters. The summed E-state index contributed by atoms with van der Waals surface area (Å²) in [6.45, 7) is 4.66. The zero-order valence-corrected chi connectivity index (χ0v) is 15.0. The number of anilines is 2. The molecule has 26 heavy (non-hydrogen) atoms. The van der Waals surface area contributed by atoms with E-state index in [-0.39, 0.29) is 5.91 Å². The highest BCUT2D eigenvalue weighted by molar-refractivity contribution is 5.92. The van der Waals surface area contributed by atoms with Crippen LogP contribution in [0.25, 0.3) is 0 Å². The van der Waals surface area contributed by atoms with E-state index in [1.54, 1.807) is 6.20 Å². The summed E-state index contributed by atoms with van der Waals surface area (Å²) in [7, 11) is 0. The van der Waals surface area contributed by atoms with Gasteiger partial charge in [-0.1, -0.05) is 36.4 Å². The Morgan fingerprint density at radius 1 is 0.962 bits per heavy atom. The van der Waals surface area contributed by atoms with Crippen molar-refractivity contribution >= 4 is 17.4 Å². The van der Waals surface area contributed by atoms with E-state index in [1.807, 2.05) is 56.3 Å². The lowest BCUT2D eigenvalue weighted by Gasteiger charge is -2.08. The van der Waals surface area contributed by atoms with Crippen LogP contribution in [0, 0.1) is 13.8 Å². The Labute approximate surface area is 153 Å². The second-order valence-corrected chi connectivity index (χ2v) is 6.28. The molecule has 0 aliphatic carbocycles. The molecular formula is C21H22N4O. The highest BCUT2D eigenvalue weighted by Gasteiger charge is 2.08. The molecule has 2 N–H and O–H groups in total. The minimum atomic E-state index is -0.216. The Bertz CT molecular complexity index is 856. The topological polar surface area (TPSA) is 66.9 Å². The third-order valence-electron chi connectivity index (χ3n) is 3.92. The van der Waals surface area contributed by atoms with Crippen LogP contribution in [0.4, 0.5) is 11.5 Å². The Morgan fingerprint density at radius 2 is 1.69 bits per heavy atom. The molecule has 0 aliphatic rings. The van der Waals surface area contributed by atoms with E-state index in [0.717, 1.165) is 12.1 Å². The average Bonchev–Trinajstić information content (AvgIpc) is 2.62. The third kappa shape index (κ3) is 4.89. The van der Waals surface area contributed by atoms with Crippen molar-refractivity contribution in [1.82, 2.24) is 15.3 Å². The van der Waals surface area contributed by atoms with Gasteiger partial charge < -0.3 is 10.6 Å². The van der Waals surface area contributed by atoms with Gasteiger partial charge in [-0.15, -0.1) is 0 Å². The van der Waals surface area contributed by atoms with Crippen LogP contribution in [0.2, 0.25) is 0 Å². The second kappa shape index (κ2) is 8.25. The van der Waals surface area contributed by atoms with Crippen molar-refractivity contribution in [3.05, 3.63) is 83.3 Å². The Morgan fingerprint density at radius 3 is 2.35 bits per heavy atom. The molecule has 5 heteroatoms. The zero-order valence-electron chi connectivity index (χ0n) is 15.0. The number of carbonyl (C=O) groups excluding carboxylic acids is 1. The van der Waals surface area contributed by atoms with E-state index in [2.05, 4.69) is 26.7 Å². The molecule has 0 aliphatic heterocycles. The van der Waals surface area contributed by atoms with Gasteiger partial charge in [0.2, 0.25) is 0 Å². The summed E-state index contributed by atoms with van der Waals surface area (Å²) in [5.41, 5.74) is 4.80. The van der Waals surface area contributed by atoms with E-state index in [1.165, 1.54) is 22.9 Å². The maximum absolute atomic E-state index is 12.2. The number of aromatic nitrogens is 2. The summed E-state index contributed by atoms with van der Waals surface area (Å²) in [5, 5.41) is 6.08. The molecule has 1 amide bonds. The molecule has 0 fully saturated rings. The number of nitrogens with zero attached hydrogens (tertiary/aromatic N) is 2. The van der Waals surface area contributed by atoms with Gasteiger partial charge in [-0.05, 0) is 49.1 Å². The van der Waals surface area contributed by atoms with E-state index in [4.69, 9.17) is 0 Å². The van der Waals surface area contributed by atoms with E-state index < -0.39 is 0 Å². The summed E-state index contributed by atoms with van der Waals surface area (Å²) in [6, 6.07) is 16.2. The van der Waals surface area contributed by atoms with Crippen LogP contribution in [0.3, 0.4) is 0 Å². The van der Waals surface area contributed by atoms with Gasteiger partial charge in [0.1, 0.15) is 11.5 Å². The summed E-state index contributed by atoms with van der Waals surface area (Å²) in [5.74, 6) is 0.391. The van der Waals surface area contributed by atoms with Gasteiger partial charge in [0, 0.05) is 12.2 Å². The van der Waals surface area contributed by atoms with Crippen LogP contribution in [-0.2, 0) is 6.42 Å². The molecule has 5 nitrogen and oxygen atoms in total. The fourth-order valence-electron chi connectivity index (χ4n) is 2.76. The normalized spacial score (nSPS) is 10.4. The van der Waals surface area contributed by atoms with Gasteiger partial charge in [0.25, 0.3) is 5.91 Å². The Kier molecular flexibility index (Phi) is 5.59. The maximum atomic E-state index is 12.2. The molecule has 3 aromatic rings. The van der Waals surface area contributed by atoms with E-state index in [9.17, 15) is 4.79 Å². The molecule has 0 unspecified atom stereocenters. The number of benzene rings is 2. The number of nitrogens with one attached hydrogen (secondary N) is 2. The SMILES string of the molecule is Cc1cc(C)cc(Nc2cnc(C(=O)NCCc3ccccc3)cn2)c1. The van der Waals surface area contributed by atoms with Crippen LogP contribution in [0.15, 0.2) is 60.9 Å². The van der Waals surface area contributed by atoms with Gasteiger partial charge >= 0.3 is 0 Å². The lowest BCUT2D eigenvalue weighted by molar-refractivity contribution is 0.0949. The Balaban J connectivity index is 1.55. The summed E-state index contributed by atoms with van der Waals surface area (Å²) in [4.78, 5) is 20.7. The predicted octanol–water partition coefficient (Wildman–Crippen LogP) is 3.81. The van der Waals surface area contributed by atoms with E-state index in [0.29, 0.717) is 18.1 Å². The minimum Gasteiger partial charge on any atom is -0.350 e. The van der Waals surface area contributed by atoms with Gasteiger partial charge in [0.15, 0.2) is 0 Å². The van der Waals surface area contributed by atoms with Crippen molar-refractivity contribution in [3.63, 3.8) is 0 Å². The summed E-state index contributed by atoms with van der Waals surface area (Å²) < 4.78 is 0. The molecule has 2 aromatic carbocycles. The zero-order chi connectivity index (χ0) is 18.4. The smallest absolute Gasteiger partial charge is 0.271 e. The third-order valence-corrected chi connectivity index (χ3v) is 3.92. The number of hydrogen-bond donors (Lipinski definition) is 2. The first-order chi connectivity index (χ1) is 12.6. The number of aryl methyl sites for hydroxylation is 2. The molecule has 1 aromatic heterocycles. The van der Waals surface area contributed by atoms with Gasteiger partial charge in [-0.25, -0.2) is 9.97 Å². The summed E-state index contributed by atoms with van der Waals surface area (Å²) in [6.07, 6.45) is 3.85. The van der Waals surface area contributed by atoms with Gasteiger partial charge in [0.05, 0.1) is 12.4 Å². The van der Waals surface area contributed by atoms with Crippen LogP contribution in [-0.4, -0.2) is 22.4 Å². The fourth-order valence-corrected chi connectivity index (χ4v) is 2.76. The molecule has 0 saturated carbocycles. The molecule has 0 saturated heterocycles. The van der Waals surface area contributed by atoms with Crippen molar-refractivity contribution in [2.45, 2.75) is 20.3 Å². The monoisotopic (exact) mass is 346 g/mol. The highest BCUT2D eigenvalue weighted by Crippen LogP contribution is 2.17. The fraction of sp³-hybridized carbons (Fsp3) is 0.190. The van der Waals surface area contributed by atoms with Crippen molar-refractivity contribution in [2.24, 2.45) is 0 Å². The van der Waals surface area contributed by atoms with Gasteiger partial charge in [-0.2, -0.15) is 0 Å². The average molecular weight is 346 g/mol. The first kappa shape index (κ1) is 17.6. The van der Waals surface area contributed by atoms with E-state index >= 15 is 0 Å². The molecule has 0 radical (unpaired) electrons. The Hall–Kier alpha value is -3.21. The molecule has 0 spiro atoms. The maximum Gasteiger partial charge on any atom is 0.271 e. The standard InChI is InChI=1S/C21H22N4O/c1-15-10-16(2)12-18(11-15)25-20-14-23-19(13-24-20)21(26)22-9-8-17-6-4-3-5-7-17/h3-7,10-14H,8-9H2,1-2H3,(H,22,26)(H,24,25). The van der Waals surface area contributed by atoms with Crippen molar-refractivity contribution < 1.29 is 4.79 Å². The number of hydrogen-bond acceptors (Lipinski definition) is 4. The number of rotatable bonds is 6. The van der Waals surface area contributed by atoms with Crippen LogP contribution >= 0.6 is 0 Å². The molecule has 132 valence electrons. The minimum absolute atomic E-state index is 0.216. The summed E-state index contributed by atoms with van der Waals surface area (Å²) >= 11 is 0. The largest absolute Gasteiger partial charge is 0.350 e. The lowest BCUT2D eigenvalue weighted by Crippen LogP contribution is -2.26. The highest BCUT2D eigenvalue weighted by atomic mass is 16.1. The first-order valence-electron chi connectivity index (χ1n) is 8.59. The molecular weight excluding hydrogens is 324 g/mol.